The quantitative estimate of drug-likeness (QED) is 0.925. The molecule has 2 N–H and O–H groups in total. The maximum Gasteiger partial charge on any atom is 0.255 e. The average Bonchev–Trinajstić information content (AvgIpc) is 2.94. The molecule has 0 radical (unpaired) electrons. The number of carbonyl (C=O) groups is 1. The Hall–Kier alpha value is -1.85. The Bertz CT molecular complexity index is 750. The van der Waals surface area contributed by atoms with Crippen molar-refractivity contribution < 1.29 is 9.53 Å². The molecule has 2 aromatic rings. The molecule has 1 aliphatic heterocycles. The van der Waals surface area contributed by atoms with Crippen LogP contribution in [0.5, 0.6) is 5.75 Å². The molecule has 1 aliphatic rings. The topological polar surface area (TPSA) is 68.5 Å². The number of aryl methyl sites for hydroxylation is 1. The van der Waals surface area contributed by atoms with Crippen molar-refractivity contribution in [3.63, 3.8) is 0 Å². The Morgan fingerprint density at radius 2 is 2.17 bits per heavy atom. The summed E-state index contributed by atoms with van der Waals surface area (Å²) < 4.78 is 5.23. The third kappa shape index (κ3) is 3.32. The normalized spacial score (nSPS) is 20.1. The van der Waals surface area contributed by atoms with Gasteiger partial charge in [-0.1, -0.05) is 0 Å². The van der Waals surface area contributed by atoms with Crippen LogP contribution in [0.4, 0.5) is 0 Å². The predicted molar refractivity (Wildman–Crippen MR) is 97.9 cm³/mol. The number of amides is 1. The third-order valence-corrected chi connectivity index (χ3v) is 4.70. The summed E-state index contributed by atoms with van der Waals surface area (Å²) in [6.45, 7) is 5.33. The standard InChI is InChI=1S/C18H23N3O2.ClH/c1-11-6-13(9-19)10-21(11)18(22)16-7-14-4-5-15(23-3)8-17(14)20-12(16)2;/h4-5,7-8,11,13H,6,9-10,19H2,1-3H3;1H. The average molecular weight is 350 g/mol. The van der Waals surface area contributed by atoms with E-state index in [1.807, 2.05) is 36.1 Å². The number of ether oxygens (including phenoxy) is 1. The number of fused-ring (bicyclic) bond motifs is 1. The highest BCUT2D eigenvalue weighted by Gasteiger charge is 2.32. The summed E-state index contributed by atoms with van der Waals surface area (Å²) in [5.74, 6) is 1.21. The zero-order valence-electron chi connectivity index (χ0n) is 14.3. The minimum atomic E-state index is 0. The van der Waals surface area contributed by atoms with E-state index in [1.165, 1.54) is 0 Å². The molecule has 2 heterocycles. The summed E-state index contributed by atoms with van der Waals surface area (Å²) in [5, 5.41) is 0.946. The van der Waals surface area contributed by atoms with Crippen molar-refractivity contribution in [1.82, 2.24) is 9.88 Å². The zero-order chi connectivity index (χ0) is 16.6. The lowest BCUT2D eigenvalue weighted by Gasteiger charge is -2.22. The number of likely N-dealkylation sites (tertiary alicyclic amines) is 1. The number of hydrogen-bond donors (Lipinski definition) is 1. The molecule has 0 bridgehead atoms. The maximum atomic E-state index is 12.9. The van der Waals surface area contributed by atoms with Gasteiger partial charge in [-0.3, -0.25) is 9.78 Å². The lowest BCUT2D eigenvalue weighted by atomic mass is 10.1. The fraction of sp³-hybridized carbons (Fsp3) is 0.444. The van der Waals surface area contributed by atoms with Gasteiger partial charge in [-0.25, -0.2) is 0 Å². The second-order valence-corrected chi connectivity index (χ2v) is 6.32. The van der Waals surface area contributed by atoms with Gasteiger partial charge >= 0.3 is 0 Å². The van der Waals surface area contributed by atoms with E-state index in [4.69, 9.17) is 10.5 Å². The molecule has 0 spiro atoms. The molecule has 1 aromatic heterocycles. The summed E-state index contributed by atoms with van der Waals surface area (Å²) in [4.78, 5) is 19.4. The van der Waals surface area contributed by atoms with E-state index in [9.17, 15) is 4.79 Å². The molecule has 24 heavy (non-hydrogen) atoms. The van der Waals surface area contributed by atoms with Crippen molar-refractivity contribution in [3.8, 4) is 5.75 Å². The fourth-order valence-electron chi connectivity index (χ4n) is 3.34. The van der Waals surface area contributed by atoms with Crippen LogP contribution in [0.15, 0.2) is 24.3 Å². The largest absolute Gasteiger partial charge is 0.497 e. The highest BCUT2D eigenvalue weighted by atomic mass is 35.5. The Labute approximate surface area is 148 Å². The van der Waals surface area contributed by atoms with E-state index in [1.54, 1.807) is 7.11 Å². The van der Waals surface area contributed by atoms with Crippen LogP contribution in [0.3, 0.4) is 0 Å². The van der Waals surface area contributed by atoms with Crippen molar-refractivity contribution >= 4 is 29.2 Å². The van der Waals surface area contributed by atoms with Crippen LogP contribution >= 0.6 is 12.4 Å². The molecule has 1 saturated heterocycles. The van der Waals surface area contributed by atoms with Crippen LogP contribution in [0.2, 0.25) is 0 Å². The Morgan fingerprint density at radius 1 is 1.42 bits per heavy atom. The summed E-state index contributed by atoms with van der Waals surface area (Å²) in [6.07, 6.45) is 0.972. The second kappa shape index (κ2) is 7.36. The van der Waals surface area contributed by atoms with Gasteiger partial charge in [0.2, 0.25) is 0 Å². The fourth-order valence-corrected chi connectivity index (χ4v) is 3.34. The lowest BCUT2D eigenvalue weighted by Crippen LogP contribution is -2.35. The number of hydrogen-bond acceptors (Lipinski definition) is 4. The SMILES string of the molecule is COc1ccc2cc(C(=O)N3CC(CN)CC3C)c(C)nc2c1.Cl. The molecule has 6 heteroatoms. The van der Waals surface area contributed by atoms with Gasteiger partial charge in [-0.2, -0.15) is 0 Å². The van der Waals surface area contributed by atoms with Crippen molar-refractivity contribution in [3.05, 3.63) is 35.5 Å². The van der Waals surface area contributed by atoms with Gasteiger partial charge in [-0.15, -0.1) is 12.4 Å². The van der Waals surface area contributed by atoms with Crippen LogP contribution in [-0.4, -0.2) is 42.0 Å². The van der Waals surface area contributed by atoms with E-state index in [2.05, 4.69) is 11.9 Å². The molecule has 0 aliphatic carbocycles. The van der Waals surface area contributed by atoms with Gasteiger partial charge in [0.15, 0.2) is 0 Å². The molecule has 0 saturated carbocycles. The van der Waals surface area contributed by atoms with Crippen LogP contribution in [0.1, 0.15) is 29.4 Å². The van der Waals surface area contributed by atoms with E-state index in [0.717, 1.165) is 35.3 Å². The predicted octanol–water partition coefficient (Wildman–Crippen LogP) is 2.78. The first-order valence-electron chi connectivity index (χ1n) is 8.00. The number of nitrogens with zero attached hydrogens (tertiary/aromatic N) is 2. The molecule has 130 valence electrons. The summed E-state index contributed by atoms with van der Waals surface area (Å²) >= 11 is 0. The van der Waals surface area contributed by atoms with Crippen LogP contribution in [-0.2, 0) is 0 Å². The molecule has 1 fully saturated rings. The number of aromatic nitrogens is 1. The molecular weight excluding hydrogens is 326 g/mol. The molecule has 3 rings (SSSR count). The van der Waals surface area contributed by atoms with Gasteiger partial charge in [0, 0.05) is 24.0 Å². The Kier molecular flexibility index (Phi) is 5.67. The van der Waals surface area contributed by atoms with Crippen LogP contribution < -0.4 is 10.5 Å². The first kappa shape index (κ1) is 18.5. The maximum absolute atomic E-state index is 12.9. The molecule has 1 amide bonds. The number of pyridine rings is 1. The first-order valence-corrected chi connectivity index (χ1v) is 8.00. The van der Waals surface area contributed by atoms with Crippen molar-refractivity contribution in [2.24, 2.45) is 11.7 Å². The first-order chi connectivity index (χ1) is 11.0. The van der Waals surface area contributed by atoms with Gasteiger partial charge in [-0.05, 0) is 50.9 Å². The number of rotatable bonds is 3. The summed E-state index contributed by atoms with van der Waals surface area (Å²) in [5.41, 5.74) is 8.03. The number of carbonyl (C=O) groups excluding carboxylic acids is 1. The van der Waals surface area contributed by atoms with E-state index in [-0.39, 0.29) is 24.4 Å². The summed E-state index contributed by atoms with van der Waals surface area (Å²) in [7, 11) is 1.63. The van der Waals surface area contributed by atoms with Gasteiger partial charge in [0.1, 0.15) is 5.75 Å². The number of halogens is 1. The van der Waals surface area contributed by atoms with Crippen molar-refractivity contribution in [2.75, 3.05) is 20.2 Å². The van der Waals surface area contributed by atoms with Gasteiger partial charge in [0.25, 0.3) is 5.91 Å². The molecular formula is C18H24ClN3O2. The molecule has 2 atom stereocenters. The van der Waals surface area contributed by atoms with E-state index >= 15 is 0 Å². The van der Waals surface area contributed by atoms with Crippen molar-refractivity contribution in [2.45, 2.75) is 26.3 Å². The minimum absolute atomic E-state index is 0. The van der Waals surface area contributed by atoms with Gasteiger partial charge in [0.05, 0.1) is 23.9 Å². The number of benzene rings is 1. The molecule has 5 nitrogen and oxygen atoms in total. The highest BCUT2D eigenvalue weighted by molar-refractivity contribution is 5.99. The van der Waals surface area contributed by atoms with E-state index < -0.39 is 0 Å². The van der Waals surface area contributed by atoms with Crippen molar-refractivity contribution in [1.29, 1.82) is 0 Å². The molecule has 2 unspecified atom stereocenters. The summed E-state index contributed by atoms with van der Waals surface area (Å²) in [6, 6.07) is 7.87. The number of methoxy groups -OCH3 is 1. The van der Waals surface area contributed by atoms with Gasteiger partial charge < -0.3 is 15.4 Å². The van der Waals surface area contributed by atoms with Crippen LogP contribution in [0, 0.1) is 12.8 Å². The zero-order valence-corrected chi connectivity index (χ0v) is 15.1. The highest BCUT2D eigenvalue weighted by Crippen LogP contribution is 2.27. The lowest BCUT2D eigenvalue weighted by molar-refractivity contribution is 0.0742. The van der Waals surface area contributed by atoms with E-state index in [0.29, 0.717) is 18.0 Å². The Morgan fingerprint density at radius 3 is 2.79 bits per heavy atom. The smallest absolute Gasteiger partial charge is 0.255 e. The minimum Gasteiger partial charge on any atom is -0.497 e. The monoisotopic (exact) mass is 349 g/mol. The third-order valence-electron chi connectivity index (χ3n) is 4.70. The number of nitrogens with two attached hydrogens (primary N) is 1. The Balaban J connectivity index is 0.00000208. The van der Waals surface area contributed by atoms with Crippen LogP contribution in [0.25, 0.3) is 10.9 Å². The molecule has 1 aromatic carbocycles. The second-order valence-electron chi connectivity index (χ2n) is 6.32.